The van der Waals surface area contributed by atoms with Crippen LogP contribution in [0.1, 0.15) is 87.0 Å². The number of methoxy groups -OCH3 is 1. The summed E-state index contributed by atoms with van der Waals surface area (Å²) in [6, 6.07) is 13.2. The quantitative estimate of drug-likeness (QED) is 0.209. The number of hydrogen-bond acceptors (Lipinski definition) is 8. The van der Waals surface area contributed by atoms with E-state index in [9.17, 15) is 13.8 Å². The van der Waals surface area contributed by atoms with Gasteiger partial charge in [-0.15, -0.1) is 15.7 Å². The normalized spacial score (nSPS) is 22.2. The number of carbonyl (C=O) groups excluding carboxylic acids is 2. The molecule has 0 bridgehead atoms. The number of rotatable bonds is 10. The number of likely N-dealkylation sites (N-methyl/N-ethyl adjacent to an activating group) is 1. The summed E-state index contributed by atoms with van der Waals surface area (Å²) in [6.07, 6.45) is 12.1. The minimum absolute atomic E-state index is 0.0179. The van der Waals surface area contributed by atoms with Crippen LogP contribution in [-0.2, 0) is 44.3 Å². The average Bonchev–Trinajstić information content (AvgIpc) is 3.48. The molecule has 0 radical (unpaired) electrons. The lowest BCUT2D eigenvalue weighted by atomic mass is 9.70. The van der Waals surface area contributed by atoms with Gasteiger partial charge >= 0.3 is 0 Å². The molecule has 1 aromatic heterocycles. The number of aryl methyl sites for hydroxylation is 1. The fourth-order valence-corrected chi connectivity index (χ4v) is 11.2. The van der Waals surface area contributed by atoms with Gasteiger partial charge in [0, 0.05) is 48.0 Å². The van der Waals surface area contributed by atoms with Crippen molar-refractivity contribution in [2.24, 2.45) is 16.2 Å². The topological polar surface area (TPSA) is 107 Å². The first-order valence-corrected chi connectivity index (χ1v) is 21.2. The molecule has 1 fully saturated rings. The molecular formula is C40H48ClN3O6S2. The van der Waals surface area contributed by atoms with Gasteiger partial charge in [0.15, 0.2) is 0 Å². The maximum atomic E-state index is 14.6. The van der Waals surface area contributed by atoms with Crippen LogP contribution in [0.2, 0.25) is 5.02 Å². The highest BCUT2D eigenvalue weighted by molar-refractivity contribution is 7.92. The van der Waals surface area contributed by atoms with Crippen LogP contribution < -0.4 is 14.4 Å². The fraction of sp³-hybridized carbons (Fsp3) is 0.500. The molecule has 2 aromatic carbocycles. The molecule has 1 saturated carbocycles. The second-order valence-corrected chi connectivity index (χ2v) is 18.5. The minimum Gasteiger partial charge on any atom is -0.490 e. The van der Waals surface area contributed by atoms with Gasteiger partial charge in [-0.25, -0.2) is 4.21 Å². The fourth-order valence-electron chi connectivity index (χ4n) is 8.06. The van der Waals surface area contributed by atoms with Crippen molar-refractivity contribution in [1.82, 2.24) is 4.72 Å². The summed E-state index contributed by atoms with van der Waals surface area (Å²) in [5, 5.41) is 0.736. The molecule has 2 aliphatic carbocycles. The van der Waals surface area contributed by atoms with Gasteiger partial charge in [-0.3, -0.25) is 14.3 Å². The maximum absolute atomic E-state index is 14.6. The summed E-state index contributed by atoms with van der Waals surface area (Å²) < 4.78 is 39.4. The molecule has 2 aliphatic heterocycles. The number of nitrogens with zero attached hydrogens (tertiary/aromatic N) is 2. The van der Waals surface area contributed by atoms with Crippen LogP contribution in [0.25, 0.3) is 0 Å². The molecule has 3 heterocycles. The minimum atomic E-state index is -3.52. The number of halogens is 1. The molecule has 1 N–H and O–H groups in total. The lowest BCUT2D eigenvalue weighted by Gasteiger charge is -2.39. The van der Waals surface area contributed by atoms with Gasteiger partial charge < -0.3 is 19.1 Å². The number of allylic oxidation sites excluding steroid dienone is 1. The van der Waals surface area contributed by atoms with E-state index < -0.39 is 21.7 Å². The van der Waals surface area contributed by atoms with Crippen molar-refractivity contribution in [2.45, 2.75) is 76.4 Å². The molecule has 9 nitrogen and oxygen atoms in total. The molecule has 52 heavy (non-hydrogen) atoms. The summed E-state index contributed by atoms with van der Waals surface area (Å²) in [4.78, 5) is 31.2. The number of anilines is 1. The largest absolute Gasteiger partial charge is 0.490 e. The molecule has 2 amide bonds. The van der Waals surface area contributed by atoms with Gasteiger partial charge in [-0.1, -0.05) is 43.2 Å². The third-order valence-electron chi connectivity index (χ3n) is 11.0. The third-order valence-corrected chi connectivity index (χ3v) is 14.5. The summed E-state index contributed by atoms with van der Waals surface area (Å²) in [5.41, 5.74) is 4.30. The first kappa shape index (κ1) is 37.1. The number of nitrogens with one attached hydrogen (secondary N) is 1. The van der Waals surface area contributed by atoms with Crippen LogP contribution in [-0.4, -0.2) is 61.8 Å². The SMILES string of the molecule is CO[C@@H](/C=C/C[C@H](C)CS(=O)(=NC(=O)c1ccc2c(c1)N(C)C[C@@]1(CCCc3cc(Cl)ccc31)CO2)NC(=O)c1cc2c(s1)CCOC2)C1CCC1. The number of fused-ring (bicyclic) bond motifs is 4. The van der Waals surface area contributed by atoms with Crippen molar-refractivity contribution in [3.8, 4) is 5.75 Å². The van der Waals surface area contributed by atoms with E-state index in [4.69, 9.17) is 25.8 Å². The van der Waals surface area contributed by atoms with E-state index in [1.807, 2.05) is 20.0 Å². The van der Waals surface area contributed by atoms with Crippen molar-refractivity contribution in [3.05, 3.63) is 91.6 Å². The highest BCUT2D eigenvalue weighted by atomic mass is 35.5. The Hall–Kier alpha value is -3.22. The molecule has 278 valence electrons. The van der Waals surface area contributed by atoms with Gasteiger partial charge in [0.05, 0.1) is 42.2 Å². The number of thiophene rings is 1. The molecule has 7 rings (SSSR count). The molecule has 12 heteroatoms. The van der Waals surface area contributed by atoms with E-state index in [-0.39, 0.29) is 28.8 Å². The van der Waals surface area contributed by atoms with Crippen molar-refractivity contribution < 1.29 is 28.0 Å². The summed E-state index contributed by atoms with van der Waals surface area (Å²) in [5.74, 6) is -0.0621. The van der Waals surface area contributed by atoms with E-state index in [1.165, 1.54) is 28.9 Å². The third kappa shape index (κ3) is 7.99. The number of carbonyl (C=O) groups is 2. The lowest BCUT2D eigenvalue weighted by Crippen LogP contribution is -2.44. The van der Waals surface area contributed by atoms with Gasteiger partial charge in [-0.2, -0.15) is 0 Å². The smallest absolute Gasteiger partial charge is 0.286 e. The Morgan fingerprint density at radius 2 is 2.02 bits per heavy atom. The van der Waals surface area contributed by atoms with E-state index in [0.717, 1.165) is 59.7 Å². The molecule has 0 saturated heterocycles. The van der Waals surface area contributed by atoms with Gasteiger partial charge in [0.1, 0.15) is 15.7 Å². The molecule has 4 atom stereocenters. The first-order chi connectivity index (χ1) is 25.0. The second-order valence-electron chi connectivity index (χ2n) is 14.9. The van der Waals surface area contributed by atoms with Crippen molar-refractivity contribution in [1.29, 1.82) is 0 Å². The van der Waals surface area contributed by atoms with Gasteiger partial charge in [0.25, 0.3) is 11.8 Å². The van der Waals surface area contributed by atoms with Crippen LogP contribution in [0.3, 0.4) is 0 Å². The molecule has 1 unspecified atom stereocenters. The van der Waals surface area contributed by atoms with Crippen LogP contribution in [0.15, 0.2) is 59.0 Å². The zero-order valence-electron chi connectivity index (χ0n) is 30.2. The number of benzene rings is 2. The second kappa shape index (κ2) is 15.6. The Bertz CT molecular complexity index is 1960. The number of hydrogen-bond donors (Lipinski definition) is 1. The van der Waals surface area contributed by atoms with Crippen LogP contribution in [0.5, 0.6) is 5.75 Å². The van der Waals surface area contributed by atoms with Gasteiger partial charge in [0.2, 0.25) is 0 Å². The maximum Gasteiger partial charge on any atom is 0.286 e. The lowest BCUT2D eigenvalue weighted by molar-refractivity contribution is 0.0534. The van der Waals surface area contributed by atoms with E-state index in [1.54, 1.807) is 31.4 Å². The molecule has 4 aliphatic rings. The van der Waals surface area contributed by atoms with E-state index in [0.29, 0.717) is 49.3 Å². The van der Waals surface area contributed by atoms with Crippen molar-refractivity contribution in [2.75, 3.05) is 44.6 Å². The predicted molar refractivity (Wildman–Crippen MR) is 207 cm³/mol. The highest BCUT2D eigenvalue weighted by Gasteiger charge is 2.41. The Morgan fingerprint density at radius 1 is 1.17 bits per heavy atom. The average molecular weight is 766 g/mol. The van der Waals surface area contributed by atoms with Crippen LogP contribution in [0, 0.1) is 11.8 Å². The highest BCUT2D eigenvalue weighted by Crippen LogP contribution is 2.44. The van der Waals surface area contributed by atoms with Crippen molar-refractivity contribution >= 4 is 50.4 Å². The zero-order valence-corrected chi connectivity index (χ0v) is 32.5. The van der Waals surface area contributed by atoms with E-state index >= 15 is 0 Å². The Labute approximate surface area is 316 Å². The van der Waals surface area contributed by atoms with Crippen LogP contribution >= 0.6 is 22.9 Å². The molecule has 1 spiro atoms. The number of ether oxygens (including phenoxy) is 3. The first-order valence-electron chi connectivity index (χ1n) is 18.3. The zero-order chi connectivity index (χ0) is 36.5. The van der Waals surface area contributed by atoms with E-state index in [2.05, 4.69) is 38.3 Å². The molecular weight excluding hydrogens is 718 g/mol. The van der Waals surface area contributed by atoms with Crippen molar-refractivity contribution in [3.63, 3.8) is 0 Å². The van der Waals surface area contributed by atoms with Gasteiger partial charge in [-0.05, 0) is 103 Å². The predicted octanol–water partition coefficient (Wildman–Crippen LogP) is 7.93. The summed E-state index contributed by atoms with van der Waals surface area (Å²) >= 11 is 7.73. The summed E-state index contributed by atoms with van der Waals surface area (Å²) in [7, 11) is 0.217. The Morgan fingerprint density at radius 3 is 2.79 bits per heavy atom. The summed E-state index contributed by atoms with van der Waals surface area (Å²) in [6.45, 7) is 4.22. The Kier molecular flexibility index (Phi) is 11.2. The standard InChI is InChI=1S/C40H48ClN3O6S2/c1-26(7-4-11-34(48-3)27-8-5-9-27)23-52(47,43-39(46)37-21-30-22-49-18-16-36(30)51-37)42-38(45)29-12-15-35-33(20-29)44(2)24-40(25-50-35)17-6-10-28-19-31(41)13-14-32(28)40/h4,11-15,19-21,26-27,34H,5-10,16-18,22-25H2,1-3H3,(H,42,43,45,46,47)/b11-4+/t26-,34-,40-,52?/m0/s1. The molecule has 3 aromatic rings. The van der Waals surface area contributed by atoms with Crippen LogP contribution in [0.4, 0.5) is 5.69 Å². The number of amides is 2. The monoisotopic (exact) mass is 765 g/mol. The Balaban J connectivity index is 1.13.